The van der Waals surface area contributed by atoms with Crippen molar-refractivity contribution in [3.05, 3.63) is 0 Å². The minimum Gasteiger partial charge on any atom is -0.465 e. The van der Waals surface area contributed by atoms with E-state index in [0.717, 1.165) is 12.8 Å². The van der Waals surface area contributed by atoms with Crippen LogP contribution in [0.4, 0.5) is 0 Å². The van der Waals surface area contributed by atoms with Gasteiger partial charge in [-0.15, -0.1) is 0 Å². The Kier molecular flexibility index (Phi) is 7.62. The second-order valence-corrected chi connectivity index (χ2v) is 3.38. The molecule has 0 saturated heterocycles. The molecule has 0 spiro atoms. The van der Waals surface area contributed by atoms with Gasteiger partial charge in [0.25, 0.3) is 0 Å². The minimum atomic E-state index is -0.507. The Morgan fingerprint density at radius 3 is 2.67 bits per heavy atom. The van der Waals surface area contributed by atoms with Crippen LogP contribution < -0.4 is 11.5 Å². The molecule has 0 aromatic rings. The van der Waals surface area contributed by atoms with Crippen molar-refractivity contribution in [2.45, 2.75) is 39.2 Å². The predicted octanol–water partition coefficient (Wildman–Crippen LogP) is 0.424. The number of carbonyl (C=O) groups excluding carboxylic acids is 1. The Hall–Kier alpha value is -1.10. The maximum absolute atomic E-state index is 11.1. The normalized spacial score (nSPS) is 13.7. The van der Waals surface area contributed by atoms with Gasteiger partial charge in [0.05, 0.1) is 12.4 Å². The highest BCUT2D eigenvalue weighted by Gasteiger charge is 2.13. The van der Waals surface area contributed by atoms with Crippen molar-refractivity contribution in [3.8, 4) is 0 Å². The van der Waals surface area contributed by atoms with Gasteiger partial charge in [-0.2, -0.15) is 0 Å². The summed E-state index contributed by atoms with van der Waals surface area (Å²) in [6, 6.07) is -0.507. The molecule has 0 bridgehead atoms. The number of hydrogen-bond donors (Lipinski definition) is 2. The monoisotopic (exact) mass is 215 g/mol. The van der Waals surface area contributed by atoms with E-state index in [4.69, 9.17) is 16.2 Å². The van der Waals surface area contributed by atoms with Gasteiger partial charge in [-0.25, -0.2) is 0 Å². The van der Waals surface area contributed by atoms with E-state index in [0.29, 0.717) is 25.4 Å². The third-order valence-corrected chi connectivity index (χ3v) is 1.87. The maximum atomic E-state index is 11.1. The Balaban J connectivity index is 3.50. The first-order valence-corrected chi connectivity index (χ1v) is 5.26. The molecule has 0 aromatic carbocycles. The van der Waals surface area contributed by atoms with Crippen LogP contribution in [0.25, 0.3) is 0 Å². The van der Waals surface area contributed by atoms with E-state index in [1.165, 1.54) is 0 Å². The average molecular weight is 215 g/mol. The van der Waals surface area contributed by atoms with Gasteiger partial charge in [0.15, 0.2) is 0 Å². The summed E-state index contributed by atoms with van der Waals surface area (Å²) < 4.78 is 4.79. The van der Waals surface area contributed by atoms with Gasteiger partial charge in [0.1, 0.15) is 6.04 Å². The number of rotatable bonds is 7. The predicted molar refractivity (Wildman–Crippen MR) is 60.6 cm³/mol. The molecule has 4 N–H and O–H groups in total. The highest BCUT2D eigenvalue weighted by atomic mass is 16.5. The molecule has 0 saturated carbocycles. The van der Waals surface area contributed by atoms with E-state index in [1.54, 1.807) is 13.8 Å². The number of aliphatic imine (C=N–C) groups is 1. The van der Waals surface area contributed by atoms with Gasteiger partial charge in [-0.1, -0.05) is 0 Å². The number of amidine groups is 1. The number of unbranched alkanes of at least 4 members (excludes halogenated alkanes) is 1. The summed E-state index contributed by atoms with van der Waals surface area (Å²) in [6.07, 6.45) is 2.39. The standard InChI is InChI=1S/C10H21N3O2/c1-3-15-10(14)9(12)6-4-5-7-13-8(2)11/h9H,3-7,12H2,1-2H3,(H2,11,13). The lowest BCUT2D eigenvalue weighted by atomic mass is 10.1. The Morgan fingerprint density at radius 2 is 2.13 bits per heavy atom. The molecule has 1 atom stereocenters. The molecule has 0 radical (unpaired) electrons. The van der Waals surface area contributed by atoms with Crippen molar-refractivity contribution in [2.75, 3.05) is 13.2 Å². The van der Waals surface area contributed by atoms with Gasteiger partial charge in [-0.3, -0.25) is 9.79 Å². The highest BCUT2D eigenvalue weighted by molar-refractivity contribution is 5.77. The summed E-state index contributed by atoms with van der Waals surface area (Å²) in [5.74, 6) is 0.265. The lowest BCUT2D eigenvalue weighted by Gasteiger charge is -2.09. The fourth-order valence-electron chi connectivity index (χ4n) is 1.10. The molecule has 0 aliphatic rings. The van der Waals surface area contributed by atoms with Crippen LogP contribution in [0.1, 0.15) is 33.1 Å². The summed E-state index contributed by atoms with van der Waals surface area (Å²) >= 11 is 0. The lowest BCUT2D eigenvalue weighted by Crippen LogP contribution is -2.32. The van der Waals surface area contributed by atoms with Crippen molar-refractivity contribution in [1.29, 1.82) is 0 Å². The number of nitrogens with zero attached hydrogens (tertiary/aromatic N) is 1. The van der Waals surface area contributed by atoms with Crippen LogP contribution in [-0.4, -0.2) is 31.0 Å². The molecule has 0 rings (SSSR count). The van der Waals surface area contributed by atoms with Crippen LogP contribution in [-0.2, 0) is 9.53 Å². The molecule has 0 aromatic heterocycles. The zero-order valence-electron chi connectivity index (χ0n) is 9.53. The third-order valence-electron chi connectivity index (χ3n) is 1.87. The first-order chi connectivity index (χ1) is 7.07. The van der Waals surface area contributed by atoms with E-state index in [-0.39, 0.29) is 5.97 Å². The van der Waals surface area contributed by atoms with Crippen molar-refractivity contribution in [1.82, 2.24) is 0 Å². The van der Waals surface area contributed by atoms with E-state index >= 15 is 0 Å². The summed E-state index contributed by atoms with van der Waals surface area (Å²) in [5, 5.41) is 0. The smallest absolute Gasteiger partial charge is 0.322 e. The van der Waals surface area contributed by atoms with Gasteiger partial charge in [0.2, 0.25) is 0 Å². The summed E-state index contributed by atoms with van der Waals surface area (Å²) in [4.78, 5) is 15.2. The topological polar surface area (TPSA) is 90.7 Å². The van der Waals surface area contributed by atoms with Crippen LogP contribution in [0.5, 0.6) is 0 Å². The van der Waals surface area contributed by atoms with Crippen molar-refractivity contribution in [2.24, 2.45) is 16.5 Å². The number of carbonyl (C=O) groups is 1. The second kappa shape index (κ2) is 8.23. The van der Waals surface area contributed by atoms with Gasteiger partial charge in [-0.05, 0) is 33.1 Å². The first-order valence-electron chi connectivity index (χ1n) is 5.26. The molecule has 0 heterocycles. The molecular formula is C10H21N3O2. The van der Waals surface area contributed by atoms with E-state index in [2.05, 4.69) is 4.99 Å². The van der Waals surface area contributed by atoms with Crippen LogP contribution >= 0.6 is 0 Å². The second-order valence-electron chi connectivity index (χ2n) is 3.38. The molecule has 0 aliphatic carbocycles. The van der Waals surface area contributed by atoms with Crippen LogP contribution in [0.3, 0.4) is 0 Å². The van der Waals surface area contributed by atoms with Crippen LogP contribution in [0.15, 0.2) is 4.99 Å². The molecule has 5 heteroatoms. The van der Waals surface area contributed by atoms with Crippen molar-refractivity contribution in [3.63, 3.8) is 0 Å². The lowest BCUT2D eigenvalue weighted by molar-refractivity contribution is -0.144. The molecule has 88 valence electrons. The molecule has 5 nitrogen and oxygen atoms in total. The van der Waals surface area contributed by atoms with Gasteiger partial charge >= 0.3 is 5.97 Å². The third kappa shape index (κ3) is 7.93. The summed E-state index contributed by atoms with van der Waals surface area (Å²) in [6.45, 7) is 4.59. The fraction of sp³-hybridized carbons (Fsp3) is 0.800. The Morgan fingerprint density at radius 1 is 1.47 bits per heavy atom. The number of ether oxygens (including phenoxy) is 1. The zero-order chi connectivity index (χ0) is 11.7. The van der Waals surface area contributed by atoms with Gasteiger partial charge < -0.3 is 16.2 Å². The van der Waals surface area contributed by atoms with E-state index < -0.39 is 6.04 Å². The molecular weight excluding hydrogens is 194 g/mol. The zero-order valence-corrected chi connectivity index (χ0v) is 9.53. The first kappa shape index (κ1) is 13.9. The van der Waals surface area contributed by atoms with Gasteiger partial charge in [0, 0.05) is 6.54 Å². The molecule has 1 unspecified atom stereocenters. The quantitative estimate of drug-likeness (QED) is 0.279. The van der Waals surface area contributed by atoms with Crippen molar-refractivity contribution >= 4 is 11.8 Å². The molecule has 0 amide bonds. The molecule has 0 fully saturated rings. The minimum absolute atomic E-state index is 0.323. The summed E-state index contributed by atoms with van der Waals surface area (Å²) in [5.41, 5.74) is 11.0. The Labute approximate surface area is 90.9 Å². The molecule has 0 aliphatic heterocycles. The number of esters is 1. The largest absolute Gasteiger partial charge is 0.465 e. The number of hydrogen-bond acceptors (Lipinski definition) is 4. The highest BCUT2D eigenvalue weighted by Crippen LogP contribution is 2.01. The maximum Gasteiger partial charge on any atom is 0.322 e. The van der Waals surface area contributed by atoms with Crippen LogP contribution in [0.2, 0.25) is 0 Å². The fourth-order valence-corrected chi connectivity index (χ4v) is 1.10. The van der Waals surface area contributed by atoms with E-state index in [1.807, 2.05) is 0 Å². The SMILES string of the molecule is CCOC(=O)C(N)CCCCN=C(C)N. The summed E-state index contributed by atoms with van der Waals surface area (Å²) in [7, 11) is 0. The van der Waals surface area contributed by atoms with Crippen LogP contribution in [0, 0.1) is 0 Å². The molecule has 15 heavy (non-hydrogen) atoms. The average Bonchev–Trinajstić information content (AvgIpc) is 2.16. The number of nitrogens with two attached hydrogens (primary N) is 2. The van der Waals surface area contributed by atoms with E-state index in [9.17, 15) is 4.79 Å². The van der Waals surface area contributed by atoms with Crippen molar-refractivity contribution < 1.29 is 9.53 Å². The Bertz CT molecular complexity index is 213.